The van der Waals surface area contributed by atoms with Crippen LogP contribution in [0.5, 0.6) is 11.5 Å². The van der Waals surface area contributed by atoms with Crippen molar-refractivity contribution in [3.8, 4) is 11.5 Å². The van der Waals surface area contributed by atoms with Crippen LogP contribution in [0.15, 0.2) is 71.9 Å². The number of hydrogen-bond acceptors (Lipinski definition) is 5. The van der Waals surface area contributed by atoms with Gasteiger partial charge in [-0.15, -0.1) is 0 Å². The Balaban J connectivity index is 1.55. The van der Waals surface area contributed by atoms with Crippen LogP contribution in [-0.2, 0) is 16.6 Å². The lowest BCUT2D eigenvalue weighted by atomic mass is 10.3. The van der Waals surface area contributed by atoms with Gasteiger partial charge in [0.1, 0.15) is 12.3 Å². The predicted octanol–water partition coefficient (Wildman–Crippen LogP) is 4.00. The largest absolute Gasteiger partial charge is 0.493 e. The molecular formula is C21H17F2N3O4S. The average Bonchev–Trinajstić information content (AvgIpc) is 3.17. The Morgan fingerprint density at radius 3 is 2.61 bits per heavy atom. The highest BCUT2D eigenvalue weighted by Gasteiger charge is 2.18. The summed E-state index contributed by atoms with van der Waals surface area (Å²) < 4.78 is 66.8. The number of nitrogens with one attached hydrogen (secondary N) is 1. The Morgan fingerprint density at radius 2 is 1.87 bits per heavy atom. The highest BCUT2D eigenvalue weighted by atomic mass is 32.2. The minimum Gasteiger partial charge on any atom is -0.493 e. The van der Waals surface area contributed by atoms with E-state index in [-0.39, 0.29) is 18.0 Å². The van der Waals surface area contributed by atoms with E-state index < -0.39 is 26.6 Å². The van der Waals surface area contributed by atoms with Gasteiger partial charge >= 0.3 is 0 Å². The Hall–Kier alpha value is -3.66. The molecule has 0 bridgehead atoms. The van der Waals surface area contributed by atoms with Gasteiger partial charge in [-0.05, 0) is 42.5 Å². The zero-order valence-electron chi connectivity index (χ0n) is 16.2. The monoisotopic (exact) mass is 445 g/mol. The van der Waals surface area contributed by atoms with E-state index in [4.69, 9.17) is 9.47 Å². The Labute approximate surface area is 176 Å². The van der Waals surface area contributed by atoms with Gasteiger partial charge < -0.3 is 13.9 Å². The molecule has 2 aromatic carbocycles. The maximum absolute atomic E-state index is 13.4. The molecular weight excluding hydrogens is 428 g/mol. The molecule has 10 heteroatoms. The third kappa shape index (κ3) is 4.43. The second-order valence-corrected chi connectivity index (χ2v) is 8.22. The lowest BCUT2D eigenvalue weighted by Gasteiger charge is -2.13. The molecule has 0 amide bonds. The Kier molecular flexibility index (Phi) is 5.47. The standard InChI is InChI=1S/C21H17F2N3O4S/c1-29-19-8-5-14(25-31(27,28)16-6-7-17(22)18(23)11-16)10-20(19)30-13-15-12-26-9-3-2-4-21(26)24-15/h2-12,25H,13H2,1H3. The summed E-state index contributed by atoms with van der Waals surface area (Å²) in [6.45, 7) is 0.122. The number of hydrogen-bond donors (Lipinski definition) is 1. The van der Waals surface area contributed by atoms with E-state index in [9.17, 15) is 17.2 Å². The van der Waals surface area contributed by atoms with Crippen molar-refractivity contribution in [2.24, 2.45) is 0 Å². The van der Waals surface area contributed by atoms with Crippen LogP contribution >= 0.6 is 0 Å². The molecule has 2 heterocycles. The molecule has 0 aliphatic heterocycles. The zero-order valence-corrected chi connectivity index (χ0v) is 17.1. The molecule has 0 saturated carbocycles. The van der Waals surface area contributed by atoms with E-state index in [1.54, 1.807) is 0 Å². The summed E-state index contributed by atoms with van der Waals surface area (Å²) in [6, 6.07) is 12.4. The smallest absolute Gasteiger partial charge is 0.262 e. The van der Waals surface area contributed by atoms with E-state index in [0.29, 0.717) is 17.5 Å². The van der Waals surface area contributed by atoms with E-state index >= 15 is 0 Å². The number of ether oxygens (including phenoxy) is 2. The summed E-state index contributed by atoms with van der Waals surface area (Å²) in [7, 11) is -2.69. The number of aromatic nitrogens is 2. The van der Waals surface area contributed by atoms with Crippen LogP contribution < -0.4 is 14.2 Å². The van der Waals surface area contributed by atoms with Gasteiger partial charge in [-0.2, -0.15) is 0 Å². The minimum atomic E-state index is -4.14. The zero-order chi connectivity index (χ0) is 22.0. The van der Waals surface area contributed by atoms with Gasteiger partial charge in [-0.25, -0.2) is 22.2 Å². The van der Waals surface area contributed by atoms with Crippen molar-refractivity contribution in [3.63, 3.8) is 0 Å². The van der Waals surface area contributed by atoms with Crippen LogP contribution in [0.4, 0.5) is 14.5 Å². The van der Waals surface area contributed by atoms with Crippen LogP contribution in [0.1, 0.15) is 5.69 Å². The summed E-state index contributed by atoms with van der Waals surface area (Å²) in [4.78, 5) is 4.03. The SMILES string of the molecule is COc1ccc(NS(=O)(=O)c2ccc(F)c(F)c2)cc1OCc1cn2ccccc2n1. The number of imidazole rings is 1. The molecule has 0 aliphatic carbocycles. The van der Waals surface area contributed by atoms with Crippen molar-refractivity contribution in [1.29, 1.82) is 0 Å². The first-order chi connectivity index (χ1) is 14.9. The molecule has 0 unspecified atom stereocenters. The molecule has 160 valence electrons. The molecule has 0 fully saturated rings. The number of anilines is 1. The highest BCUT2D eigenvalue weighted by molar-refractivity contribution is 7.92. The van der Waals surface area contributed by atoms with Gasteiger partial charge in [0, 0.05) is 18.5 Å². The number of halogens is 2. The second kappa shape index (κ2) is 8.23. The molecule has 0 aliphatic rings. The van der Waals surface area contributed by atoms with Gasteiger partial charge in [-0.1, -0.05) is 6.07 Å². The fourth-order valence-electron chi connectivity index (χ4n) is 2.92. The van der Waals surface area contributed by atoms with Gasteiger partial charge in [0.25, 0.3) is 10.0 Å². The number of pyridine rings is 1. The molecule has 1 N–H and O–H groups in total. The summed E-state index contributed by atoms with van der Waals surface area (Å²) in [5.74, 6) is -1.72. The lowest BCUT2D eigenvalue weighted by Crippen LogP contribution is -2.13. The number of nitrogens with zero attached hydrogens (tertiary/aromatic N) is 2. The number of benzene rings is 2. The number of rotatable bonds is 7. The molecule has 0 spiro atoms. The van der Waals surface area contributed by atoms with Crippen molar-refractivity contribution < 1.29 is 26.7 Å². The summed E-state index contributed by atoms with van der Waals surface area (Å²) in [5.41, 5.74) is 1.60. The Bertz CT molecular complexity index is 1320. The maximum Gasteiger partial charge on any atom is 0.262 e. The summed E-state index contributed by atoms with van der Waals surface area (Å²) >= 11 is 0. The molecule has 4 rings (SSSR count). The first-order valence-electron chi connectivity index (χ1n) is 9.07. The average molecular weight is 445 g/mol. The van der Waals surface area contributed by atoms with Crippen LogP contribution in [0.25, 0.3) is 5.65 Å². The third-order valence-corrected chi connectivity index (χ3v) is 5.79. The Morgan fingerprint density at radius 1 is 1.03 bits per heavy atom. The maximum atomic E-state index is 13.4. The van der Waals surface area contributed by atoms with Crippen LogP contribution in [0.3, 0.4) is 0 Å². The first kappa shape index (κ1) is 20.6. The topological polar surface area (TPSA) is 81.9 Å². The van der Waals surface area contributed by atoms with Crippen molar-refractivity contribution >= 4 is 21.4 Å². The van der Waals surface area contributed by atoms with Crippen molar-refractivity contribution in [3.05, 3.63) is 84.3 Å². The second-order valence-electron chi connectivity index (χ2n) is 6.53. The van der Waals surface area contributed by atoms with E-state index in [2.05, 4.69) is 9.71 Å². The first-order valence-corrected chi connectivity index (χ1v) is 10.6. The fraction of sp³-hybridized carbons (Fsp3) is 0.0952. The molecule has 2 aromatic heterocycles. The van der Waals surface area contributed by atoms with Crippen molar-refractivity contribution in [2.75, 3.05) is 11.8 Å². The number of fused-ring (bicyclic) bond motifs is 1. The summed E-state index contributed by atoms with van der Waals surface area (Å²) in [5, 5.41) is 0. The van der Waals surface area contributed by atoms with Crippen LogP contribution in [-0.4, -0.2) is 24.9 Å². The predicted molar refractivity (Wildman–Crippen MR) is 110 cm³/mol. The highest BCUT2D eigenvalue weighted by Crippen LogP contribution is 2.32. The number of sulfonamides is 1. The third-order valence-electron chi connectivity index (χ3n) is 4.41. The van der Waals surface area contributed by atoms with E-state index in [1.165, 1.54) is 25.3 Å². The van der Waals surface area contributed by atoms with Crippen LogP contribution in [0, 0.1) is 11.6 Å². The molecule has 7 nitrogen and oxygen atoms in total. The molecule has 4 aromatic rings. The van der Waals surface area contributed by atoms with Gasteiger partial charge in [-0.3, -0.25) is 4.72 Å². The van der Waals surface area contributed by atoms with Gasteiger partial charge in [0.05, 0.1) is 23.4 Å². The van der Waals surface area contributed by atoms with Gasteiger partial charge in [0.2, 0.25) is 0 Å². The molecule has 31 heavy (non-hydrogen) atoms. The van der Waals surface area contributed by atoms with Crippen LogP contribution in [0.2, 0.25) is 0 Å². The fourth-order valence-corrected chi connectivity index (χ4v) is 3.98. The van der Waals surface area contributed by atoms with E-state index in [0.717, 1.165) is 17.8 Å². The number of methoxy groups -OCH3 is 1. The minimum absolute atomic E-state index is 0.122. The molecule has 0 saturated heterocycles. The molecule has 0 atom stereocenters. The normalized spacial score (nSPS) is 11.5. The quantitative estimate of drug-likeness (QED) is 0.465. The van der Waals surface area contributed by atoms with Gasteiger partial charge in [0.15, 0.2) is 23.1 Å². The lowest BCUT2D eigenvalue weighted by molar-refractivity contribution is 0.281. The summed E-state index contributed by atoms with van der Waals surface area (Å²) in [6.07, 6.45) is 3.68. The molecule has 0 radical (unpaired) electrons. The van der Waals surface area contributed by atoms with Crippen molar-refractivity contribution in [2.45, 2.75) is 11.5 Å². The van der Waals surface area contributed by atoms with E-state index in [1.807, 2.05) is 35.0 Å². The van der Waals surface area contributed by atoms with Crippen molar-refractivity contribution in [1.82, 2.24) is 9.38 Å².